The van der Waals surface area contributed by atoms with Crippen LogP contribution in [0.2, 0.25) is 0 Å². The van der Waals surface area contributed by atoms with E-state index in [-0.39, 0.29) is 17.6 Å². The number of carbonyl (C=O) groups excluding carboxylic acids is 2. The molecular formula is C20H25N5O2. The summed E-state index contributed by atoms with van der Waals surface area (Å²) in [5.41, 5.74) is 2.88. The van der Waals surface area contributed by atoms with E-state index in [1.165, 1.54) is 15.8 Å². The molecule has 2 fully saturated rings. The van der Waals surface area contributed by atoms with Gasteiger partial charge in [0.15, 0.2) is 5.69 Å². The Hall–Kier alpha value is -2.67. The fourth-order valence-corrected chi connectivity index (χ4v) is 4.15. The maximum absolute atomic E-state index is 12.7. The van der Waals surface area contributed by atoms with Gasteiger partial charge in [-0.1, -0.05) is 29.8 Å². The Morgan fingerprint density at radius 3 is 2.37 bits per heavy atom. The predicted molar refractivity (Wildman–Crippen MR) is 101 cm³/mol. The molecule has 0 saturated carbocycles. The molecule has 4 rings (SSSR count). The lowest BCUT2D eigenvalue weighted by atomic mass is 10.0. The number of fused-ring (bicyclic) bond motifs is 1. The van der Waals surface area contributed by atoms with E-state index in [4.69, 9.17) is 0 Å². The first kappa shape index (κ1) is 17.7. The van der Waals surface area contributed by atoms with Gasteiger partial charge in [0.2, 0.25) is 0 Å². The van der Waals surface area contributed by atoms with Crippen molar-refractivity contribution in [3.63, 3.8) is 0 Å². The van der Waals surface area contributed by atoms with Crippen LogP contribution in [0.1, 0.15) is 21.6 Å². The second-order valence-corrected chi connectivity index (χ2v) is 7.61. The van der Waals surface area contributed by atoms with Crippen LogP contribution < -0.4 is 5.32 Å². The lowest BCUT2D eigenvalue weighted by Gasteiger charge is -2.21. The first-order chi connectivity index (χ1) is 13.0. The van der Waals surface area contributed by atoms with Crippen LogP contribution in [0.4, 0.5) is 4.79 Å². The molecule has 0 radical (unpaired) electrons. The smallest absolute Gasteiger partial charge is 0.344 e. The van der Waals surface area contributed by atoms with Crippen molar-refractivity contribution < 1.29 is 9.59 Å². The highest BCUT2D eigenvalue weighted by Crippen LogP contribution is 2.32. The van der Waals surface area contributed by atoms with Crippen LogP contribution in [-0.2, 0) is 6.54 Å². The van der Waals surface area contributed by atoms with Crippen molar-refractivity contribution in [2.24, 2.45) is 11.8 Å². The molecule has 142 valence electrons. The predicted octanol–water partition coefficient (Wildman–Crippen LogP) is 1.58. The number of hydrogen-bond donors (Lipinski definition) is 1. The van der Waals surface area contributed by atoms with E-state index in [1.54, 1.807) is 19.3 Å². The lowest BCUT2D eigenvalue weighted by Crippen LogP contribution is -2.36. The summed E-state index contributed by atoms with van der Waals surface area (Å²) >= 11 is 0. The first-order valence-corrected chi connectivity index (χ1v) is 9.38. The molecule has 2 aliphatic rings. The zero-order valence-corrected chi connectivity index (χ0v) is 15.8. The minimum absolute atomic E-state index is 0.148. The average molecular weight is 367 g/mol. The summed E-state index contributed by atoms with van der Waals surface area (Å²) in [4.78, 5) is 28.7. The highest BCUT2D eigenvalue weighted by Gasteiger charge is 2.41. The van der Waals surface area contributed by atoms with Gasteiger partial charge in [-0.2, -0.15) is 9.78 Å². The normalized spacial score (nSPS) is 22.1. The van der Waals surface area contributed by atoms with E-state index >= 15 is 0 Å². The van der Waals surface area contributed by atoms with Gasteiger partial charge in [-0.15, -0.1) is 0 Å². The Bertz CT molecular complexity index is 830. The fourth-order valence-electron chi connectivity index (χ4n) is 4.15. The summed E-state index contributed by atoms with van der Waals surface area (Å²) in [7, 11) is 1.55. The zero-order valence-electron chi connectivity index (χ0n) is 15.8. The Morgan fingerprint density at radius 1 is 1.07 bits per heavy atom. The number of benzene rings is 1. The number of hydrogen-bond acceptors (Lipinski definition) is 4. The van der Waals surface area contributed by atoms with E-state index in [9.17, 15) is 9.59 Å². The fraction of sp³-hybridized carbons (Fsp3) is 0.450. The van der Waals surface area contributed by atoms with Crippen molar-refractivity contribution in [1.82, 2.24) is 24.9 Å². The van der Waals surface area contributed by atoms with Crippen molar-refractivity contribution in [1.29, 1.82) is 0 Å². The third kappa shape index (κ3) is 3.60. The summed E-state index contributed by atoms with van der Waals surface area (Å²) in [5, 5.41) is 6.62. The molecule has 7 nitrogen and oxygen atoms in total. The van der Waals surface area contributed by atoms with Crippen LogP contribution >= 0.6 is 0 Å². The Balaban J connectivity index is 1.34. The minimum Gasteiger partial charge on any atom is -0.354 e. The molecule has 0 bridgehead atoms. The number of rotatable bonds is 3. The number of likely N-dealkylation sites (tertiary alicyclic amines) is 2. The number of aryl methyl sites for hydroxylation is 1. The summed E-state index contributed by atoms with van der Waals surface area (Å²) in [5.74, 6) is 0.730. The number of aromatic nitrogens is 2. The van der Waals surface area contributed by atoms with Gasteiger partial charge in [-0.05, 0) is 30.4 Å². The van der Waals surface area contributed by atoms with Crippen LogP contribution in [-0.4, -0.2) is 64.7 Å². The van der Waals surface area contributed by atoms with Gasteiger partial charge in [0, 0.05) is 46.0 Å². The molecule has 7 heteroatoms. The zero-order chi connectivity index (χ0) is 19.0. The molecule has 2 amide bonds. The first-order valence-electron chi connectivity index (χ1n) is 9.38. The molecular weight excluding hydrogens is 342 g/mol. The number of nitrogens with zero attached hydrogens (tertiary/aromatic N) is 4. The lowest BCUT2D eigenvalue weighted by molar-refractivity contribution is 0.0957. The second-order valence-electron chi connectivity index (χ2n) is 7.61. The van der Waals surface area contributed by atoms with Crippen molar-refractivity contribution in [3.05, 3.63) is 53.3 Å². The molecule has 2 saturated heterocycles. The molecule has 2 unspecified atom stereocenters. The van der Waals surface area contributed by atoms with Gasteiger partial charge in [0.05, 0.1) is 0 Å². The summed E-state index contributed by atoms with van der Waals surface area (Å²) in [6.07, 6.45) is 1.56. The Kier molecular flexibility index (Phi) is 4.70. The van der Waals surface area contributed by atoms with E-state index in [0.29, 0.717) is 11.8 Å². The molecule has 2 atom stereocenters. The maximum atomic E-state index is 12.7. The standard InChI is InChI=1S/C20H25N5O2/c1-14-3-5-15(6-4-14)9-23-10-16-12-24(13-17(16)11-23)20(27)25-8-7-18(22-25)19(26)21-2/h3-8,16-17H,9-13H2,1-2H3,(H,21,26). The van der Waals surface area contributed by atoms with Crippen molar-refractivity contribution in [2.75, 3.05) is 33.2 Å². The molecule has 3 heterocycles. The van der Waals surface area contributed by atoms with Gasteiger partial charge in [-0.3, -0.25) is 9.69 Å². The third-order valence-electron chi connectivity index (χ3n) is 5.60. The monoisotopic (exact) mass is 367 g/mol. The molecule has 0 spiro atoms. The van der Waals surface area contributed by atoms with Gasteiger partial charge < -0.3 is 10.2 Å². The summed E-state index contributed by atoms with van der Waals surface area (Å²) in [6.45, 7) is 6.62. The maximum Gasteiger partial charge on any atom is 0.344 e. The van der Waals surface area contributed by atoms with Gasteiger partial charge in [0.25, 0.3) is 5.91 Å². The van der Waals surface area contributed by atoms with Crippen LogP contribution in [0.3, 0.4) is 0 Å². The van der Waals surface area contributed by atoms with Gasteiger partial charge in [0.1, 0.15) is 0 Å². The number of carbonyl (C=O) groups is 2. The summed E-state index contributed by atoms with van der Waals surface area (Å²) in [6, 6.07) is 10.1. The molecule has 1 aromatic heterocycles. The van der Waals surface area contributed by atoms with E-state index in [2.05, 4.69) is 46.5 Å². The number of amides is 2. The van der Waals surface area contributed by atoms with Crippen molar-refractivity contribution in [2.45, 2.75) is 13.5 Å². The van der Waals surface area contributed by atoms with Crippen LogP contribution in [0.15, 0.2) is 36.5 Å². The topological polar surface area (TPSA) is 70.5 Å². The average Bonchev–Trinajstić information content (AvgIpc) is 3.37. The molecule has 1 aromatic carbocycles. The molecule has 2 aliphatic heterocycles. The third-order valence-corrected chi connectivity index (χ3v) is 5.60. The molecule has 2 aromatic rings. The van der Waals surface area contributed by atoms with Gasteiger partial charge in [-0.25, -0.2) is 4.79 Å². The molecule has 1 N–H and O–H groups in total. The van der Waals surface area contributed by atoms with Crippen LogP contribution in [0.5, 0.6) is 0 Å². The molecule has 0 aliphatic carbocycles. The van der Waals surface area contributed by atoms with Crippen molar-refractivity contribution >= 4 is 11.9 Å². The van der Waals surface area contributed by atoms with Gasteiger partial charge >= 0.3 is 6.03 Å². The quantitative estimate of drug-likeness (QED) is 0.894. The van der Waals surface area contributed by atoms with Crippen molar-refractivity contribution in [3.8, 4) is 0 Å². The van der Waals surface area contributed by atoms with E-state index in [1.807, 2.05) is 4.90 Å². The van der Waals surface area contributed by atoms with E-state index < -0.39 is 0 Å². The van der Waals surface area contributed by atoms with Crippen LogP contribution in [0.25, 0.3) is 0 Å². The summed E-state index contributed by atoms with van der Waals surface area (Å²) < 4.78 is 1.27. The highest BCUT2D eigenvalue weighted by molar-refractivity contribution is 5.92. The Morgan fingerprint density at radius 2 is 1.74 bits per heavy atom. The highest BCUT2D eigenvalue weighted by atomic mass is 16.2. The number of nitrogens with one attached hydrogen (secondary N) is 1. The Labute approximate surface area is 158 Å². The van der Waals surface area contributed by atoms with Crippen LogP contribution in [0, 0.1) is 18.8 Å². The van der Waals surface area contributed by atoms with E-state index in [0.717, 1.165) is 32.7 Å². The second kappa shape index (κ2) is 7.15. The SMILES string of the molecule is CNC(=O)c1ccn(C(=O)N2CC3CN(Cc4ccc(C)cc4)CC3C2)n1. The minimum atomic E-state index is -0.286. The molecule has 27 heavy (non-hydrogen) atoms. The largest absolute Gasteiger partial charge is 0.354 e.